The number of hydrogen-bond acceptors (Lipinski definition) is 9. The van der Waals surface area contributed by atoms with Crippen LogP contribution in [0.4, 0.5) is 0 Å². The average molecular weight is 588 g/mol. The summed E-state index contributed by atoms with van der Waals surface area (Å²) >= 11 is 0. The zero-order chi connectivity index (χ0) is 31.4. The van der Waals surface area contributed by atoms with E-state index in [1.807, 2.05) is 0 Å². The third-order valence-corrected chi connectivity index (χ3v) is 6.04. The molecule has 2 aromatic rings. The molecule has 0 aromatic heterocycles. The Balaban J connectivity index is 2.34. The van der Waals surface area contributed by atoms with E-state index < -0.39 is 72.6 Å². The van der Waals surface area contributed by atoms with Gasteiger partial charge in [-0.1, -0.05) is 24.3 Å². The van der Waals surface area contributed by atoms with Crippen LogP contribution in [0.25, 0.3) is 0 Å². The summed E-state index contributed by atoms with van der Waals surface area (Å²) in [6, 6.07) is 5.61. The van der Waals surface area contributed by atoms with Crippen LogP contribution >= 0.6 is 0 Å². The van der Waals surface area contributed by atoms with Gasteiger partial charge in [0.2, 0.25) is 23.6 Å². The number of rotatable bonds is 16. The van der Waals surface area contributed by atoms with Crippen LogP contribution in [0.3, 0.4) is 0 Å². The molecule has 11 N–H and O–H groups in total. The van der Waals surface area contributed by atoms with Crippen molar-refractivity contribution in [3.8, 4) is 11.5 Å². The monoisotopic (exact) mass is 587 g/mol. The minimum Gasteiger partial charge on any atom is -0.508 e. The maximum absolute atomic E-state index is 13.5. The number of benzene rings is 2. The standard InChI is InChI=1S/C27H33N5O10/c28-18(9-10-23(36)37)24(38)30-19(11-14-1-5-16(33)6-2-14)25(39)31-20(12-15-3-7-17(34)8-4-15)26(40)32-21(27(41)42)13-22(29)35/h1-8,18-21,33-34H,9-13,28H2,(H2,29,35)(H,30,38)(H,31,39)(H,32,40)(H,36,37)(H,41,42). The van der Waals surface area contributed by atoms with Crippen LogP contribution in [0.5, 0.6) is 11.5 Å². The van der Waals surface area contributed by atoms with E-state index in [0.29, 0.717) is 11.1 Å². The van der Waals surface area contributed by atoms with Crippen LogP contribution in [-0.4, -0.2) is 80.2 Å². The number of carboxylic acids is 2. The van der Waals surface area contributed by atoms with E-state index in [1.54, 1.807) is 0 Å². The topological polar surface area (TPSA) is 271 Å². The lowest BCUT2D eigenvalue weighted by Gasteiger charge is -2.25. The summed E-state index contributed by atoms with van der Waals surface area (Å²) in [6.45, 7) is 0. The Bertz CT molecular complexity index is 1280. The van der Waals surface area contributed by atoms with Crippen molar-refractivity contribution >= 4 is 35.6 Å². The molecule has 2 rings (SSSR count). The minimum atomic E-state index is -1.69. The highest BCUT2D eigenvalue weighted by atomic mass is 16.4. The molecule has 15 nitrogen and oxygen atoms in total. The van der Waals surface area contributed by atoms with Gasteiger partial charge in [0.05, 0.1) is 12.5 Å². The molecule has 0 heterocycles. The fourth-order valence-electron chi connectivity index (χ4n) is 3.79. The second-order valence-corrected chi connectivity index (χ2v) is 9.47. The summed E-state index contributed by atoms with van der Waals surface area (Å²) in [7, 11) is 0. The van der Waals surface area contributed by atoms with E-state index in [0.717, 1.165) is 0 Å². The molecule has 0 spiro atoms. The third kappa shape index (κ3) is 11.1. The fraction of sp³-hybridized carbons (Fsp3) is 0.333. The first-order valence-corrected chi connectivity index (χ1v) is 12.7. The number of hydrogen-bond donors (Lipinski definition) is 9. The van der Waals surface area contributed by atoms with Crippen molar-refractivity contribution in [2.45, 2.75) is 56.3 Å². The Morgan fingerprint density at radius 3 is 1.45 bits per heavy atom. The van der Waals surface area contributed by atoms with Crippen molar-refractivity contribution < 1.29 is 49.2 Å². The zero-order valence-corrected chi connectivity index (χ0v) is 22.4. The Hall–Kier alpha value is -5.18. The summed E-state index contributed by atoms with van der Waals surface area (Å²) in [6.07, 6.45) is -1.63. The first kappa shape index (κ1) is 33.0. The molecule has 0 aliphatic rings. The van der Waals surface area contributed by atoms with Crippen molar-refractivity contribution in [2.24, 2.45) is 11.5 Å². The fourth-order valence-corrected chi connectivity index (χ4v) is 3.79. The maximum Gasteiger partial charge on any atom is 0.326 e. The van der Waals surface area contributed by atoms with E-state index in [4.69, 9.17) is 16.6 Å². The maximum atomic E-state index is 13.5. The average Bonchev–Trinajstić information content (AvgIpc) is 2.92. The van der Waals surface area contributed by atoms with Crippen LogP contribution < -0.4 is 27.4 Å². The quantitative estimate of drug-likeness (QED) is 0.109. The van der Waals surface area contributed by atoms with Gasteiger partial charge in [-0.2, -0.15) is 0 Å². The molecule has 0 radical (unpaired) electrons. The molecule has 15 heteroatoms. The largest absolute Gasteiger partial charge is 0.508 e. The lowest BCUT2D eigenvalue weighted by Crippen LogP contribution is -2.58. The molecule has 0 bridgehead atoms. The minimum absolute atomic E-state index is 0.0472. The third-order valence-electron chi connectivity index (χ3n) is 6.04. The molecular formula is C27H33N5O10. The van der Waals surface area contributed by atoms with Gasteiger partial charge in [-0.15, -0.1) is 0 Å². The number of primary amides is 1. The molecule has 0 saturated carbocycles. The van der Waals surface area contributed by atoms with Gasteiger partial charge in [0, 0.05) is 19.3 Å². The van der Waals surface area contributed by atoms with Gasteiger partial charge < -0.3 is 47.8 Å². The van der Waals surface area contributed by atoms with Crippen LogP contribution in [-0.2, 0) is 41.6 Å². The number of aliphatic carboxylic acids is 2. The Morgan fingerprint density at radius 2 is 1.07 bits per heavy atom. The molecule has 42 heavy (non-hydrogen) atoms. The van der Waals surface area contributed by atoms with Crippen molar-refractivity contribution in [1.82, 2.24) is 16.0 Å². The highest BCUT2D eigenvalue weighted by molar-refractivity contribution is 5.95. The number of aromatic hydroxyl groups is 2. The van der Waals surface area contributed by atoms with Crippen molar-refractivity contribution in [1.29, 1.82) is 0 Å². The lowest BCUT2D eigenvalue weighted by atomic mass is 10.0. The number of nitrogens with one attached hydrogen (secondary N) is 3. The number of carbonyl (C=O) groups is 6. The van der Waals surface area contributed by atoms with Gasteiger partial charge in [0.25, 0.3) is 0 Å². The van der Waals surface area contributed by atoms with E-state index in [1.165, 1.54) is 48.5 Å². The van der Waals surface area contributed by atoms with Gasteiger partial charge >= 0.3 is 11.9 Å². The predicted octanol–water partition coefficient (Wildman–Crippen LogP) is -1.51. The van der Waals surface area contributed by atoms with Crippen LogP contribution in [0.1, 0.15) is 30.4 Å². The van der Waals surface area contributed by atoms with E-state index in [9.17, 15) is 44.1 Å². The number of phenolic OH excluding ortho intramolecular Hbond substituents is 2. The summed E-state index contributed by atoms with van der Waals surface area (Å²) in [5, 5.41) is 44.5. The predicted molar refractivity (Wildman–Crippen MR) is 146 cm³/mol. The molecule has 0 aliphatic carbocycles. The van der Waals surface area contributed by atoms with E-state index in [2.05, 4.69) is 16.0 Å². The number of phenols is 2. The molecule has 4 unspecified atom stereocenters. The number of amides is 4. The zero-order valence-electron chi connectivity index (χ0n) is 22.4. The summed E-state index contributed by atoms with van der Waals surface area (Å²) in [5.41, 5.74) is 11.8. The van der Waals surface area contributed by atoms with Crippen molar-refractivity contribution in [3.05, 3.63) is 59.7 Å². The van der Waals surface area contributed by atoms with Gasteiger partial charge in [-0.05, 0) is 41.8 Å². The van der Waals surface area contributed by atoms with Crippen molar-refractivity contribution in [3.63, 3.8) is 0 Å². The second kappa shape index (κ2) is 15.6. The van der Waals surface area contributed by atoms with Gasteiger partial charge in [-0.3, -0.25) is 24.0 Å². The van der Waals surface area contributed by atoms with Crippen LogP contribution in [0.15, 0.2) is 48.5 Å². The smallest absolute Gasteiger partial charge is 0.326 e. The molecule has 0 fully saturated rings. The molecule has 0 aliphatic heterocycles. The second-order valence-electron chi connectivity index (χ2n) is 9.47. The molecular weight excluding hydrogens is 554 g/mol. The number of nitrogens with two attached hydrogens (primary N) is 2. The first-order valence-electron chi connectivity index (χ1n) is 12.7. The lowest BCUT2D eigenvalue weighted by molar-refractivity contribution is -0.143. The highest BCUT2D eigenvalue weighted by Gasteiger charge is 2.31. The van der Waals surface area contributed by atoms with Crippen LogP contribution in [0, 0.1) is 0 Å². The first-order chi connectivity index (χ1) is 19.7. The molecule has 2 aromatic carbocycles. The Labute approximate surface area is 239 Å². The molecule has 4 amide bonds. The molecule has 4 atom stereocenters. The van der Waals surface area contributed by atoms with E-state index in [-0.39, 0.29) is 30.8 Å². The summed E-state index contributed by atoms with van der Waals surface area (Å²) < 4.78 is 0. The van der Waals surface area contributed by atoms with Gasteiger partial charge in [-0.25, -0.2) is 4.79 Å². The van der Waals surface area contributed by atoms with Gasteiger partial charge in [0.1, 0.15) is 29.6 Å². The highest BCUT2D eigenvalue weighted by Crippen LogP contribution is 2.14. The molecule has 226 valence electrons. The number of carboxylic acid groups (broad SMARTS) is 2. The van der Waals surface area contributed by atoms with Gasteiger partial charge in [0.15, 0.2) is 0 Å². The SMILES string of the molecule is NC(=O)CC(NC(=O)C(Cc1ccc(O)cc1)NC(=O)C(Cc1ccc(O)cc1)NC(=O)C(N)CCC(=O)O)C(=O)O. The van der Waals surface area contributed by atoms with Crippen molar-refractivity contribution in [2.75, 3.05) is 0 Å². The number of carbonyl (C=O) groups excluding carboxylic acids is 4. The summed E-state index contributed by atoms with van der Waals surface area (Å²) in [4.78, 5) is 73.1. The summed E-state index contributed by atoms with van der Waals surface area (Å²) in [5.74, 6) is -6.48. The van der Waals surface area contributed by atoms with E-state index >= 15 is 0 Å². The molecule has 0 saturated heterocycles. The Kier molecular flexibility index (Phi) is 12.2. The normalized spacial score (nSPS) is 13.5. The van der Waals surface area contributed by atoms with Crippen LogP contribution in [0.2, 0.25) is 0 Å². The Morgan fingerprint density at radius 1 is 0.667 bits per heavy atom.